The zero-order chi connectivity index (χ0) is 46.3. The number of aliphatic hydroxyl groups excluding tert-OH is 1. The second kappa shape index (κ2) is 27.9. The fraction of sp³-hybridized carbons (Fsp3) is 0.583. The van der Waals surface area contributed by atoms with Crippen LogP contribution in [0.25, 0.3) is 11.1 Å². The zero-order valence-electron chi connectivity index (χ0n) is 38.1. The van der Waals surface area contributed by atoms with Crippen molar-refractivity contribution < 1.29 is 38.9 Å². The van der Waals surface area contributed by atoms with Gasteiger partial charge in [-0.15, -0.1) is 0 Å². The minimum atomic E-state index is -1.19. The first-order chi connectivity index (χ1) is 30.9. The van der Waals surface area contributed by atoms with Crippen LogP contribution in [0.15, 0.2) is 54.7 Å². The van der Waals surface area contributed by atoms with E-state index in [2.05, 4.69) is 45.4 Å². The lowest BCUT2D eigenvalue weighted by molar-refractivity contribution is -0.139. The van der Waals surface area contributed by atoms with Gasteiger partial charge in [-0.25, -0.2) is 0 Å². The number of unbranched alkanes of at least 4 members (excludes halogenated alkanes) is 12. The molecule has 2 aromatic rings. The van der Waals surface area contributed by atoms with E-state index in [1.54, 1.807) is 0 Å². The van der Waals surface area contributed by atoms with Crippen LogP contribution in [0.3, 0.4) is 0 Å². The molecule has 1 fully saturated rings. The van der Waals surface area contributed by atoms with Gasteiger partial charge in [0, 0.05) is 32.0 Å². The first kappa shape index (κ1) is 51.4. The Balaban J connectivity index is 1.29. The van der Waals surface area contributed by atoms with Gasteiger partial charge in [0.1, 0.15) is 12.1 Å². The predicted molar refractivity (Wildman–Crippen MR) is 250 cm³/mol. The summed E-state index contributed by atoms with van der Waals surface area (Å²) in [5.41, 5.74) is 4.39. The van der Waals surface area contributed by atoms with Gasteiger partial charge in [0.2, 0.25) is 35.4 Å². The Bertz CT molecular complexity index is 1870. The van der Waals surface area contributed by atoms with Gasteiger partial charge in [-0.2, -0.15) is 0 Å². The number of amides is 6. The number of carbonyl (C=O) groups is 6. The maximum atomic E-state index is 14.0. The first-order valence-corrected chi connectivity index (χ1v) is 23.5. The molecule has 4 rings (SSSR count). The monoisotopic (exact) mass is 886 g/mol. The molecule has 6 amide bonds. The Labute approximate surface area is 380 Å². The highest BCUT2D eigenvalue weighted by atomic mass is 16.3. The van der Waals surface area contributed by atoms with E-state index in [0.29, 0.717) is 17.9 Å². The summed E-state index contributed by atoms with van der Waals surface area (Å²) in [7, 11) is 1.18. The molecule has 1 saturated carbocycles. The van der Waals surface area contributed by atoms with Crippen molar-refractivity contribution in [3.8, 4) is 11.1 Å². The minimum absolute atomic E-state index is 0.0112. The highest BCUT2D eigenvalue weighted by Gasteiger charge is 2.33. The Morgan fingerprint density at radius 1 is 0.859 bits per heavy atom. The van der Waals surface area contributed by atoms with Crippen LogP contribution in [0.1, 0.15) is 138 Å². The molecule has 16 heteroatoms. The third-order valence-corrected chi connectivity index (χ3v) is 12.0. The lowest BCUT2D eigenvalue weighted by atomic mass is 9.90. The number of likely N-dealkylation sites (N-methyl/N-ethyl adjacent to an activating group) is 1. The molecule has 64 heavy (non-hydrogen) atoms. The largest absolute Gasteiger partial charge is 0.452 e. The maximum Gasteiger partial charge on any atom is 0.290 e. The smallest absolute Gasteiger partial charge is 0.290 e. The fourth-order valence-corrected chi connectivity index (χ4v) is 8.05. The van der Waals surface area contributed by atoms with Crippen LogP contribution in [-0.2, 0) is 35.2 Å². The zero-order valence-corrected chi connectivity index (χ0v) is 38.1. The Hall–Kier alpha value is -5.22. The van der Waals surface area contributed by atoms with Crippen LogP contribution < -0.4 is 31.9 Å². The molecule has 0 saturated heterocycles. The normalized spacial score (nSPS) is 16.6. The average molecular weight is 886 g/mol. The maximum absolute atomic E-state index is 14.0. The van der Waals surface area contributed by atoms with Gasteiger partial charge in [-0.05, 0) is 59.1 Å². The molecule has 0 aromatic heterocycles. The van der Waals surface area contributed by atoms with Crippen molar-refractivity contribution in [3.05, 3.63) is 71.4 Å². The Kier molecular flexibility index (Phi) is 22.4. The highest BCUT2D eigenvalue weighted by molar-refractivity contribution is 6.26. The van der Waals surface area contributed by atoms with Gasteiger partial charge in [0.25, 0.3) is 7.48 Å². The lowest BCUT2D eigenvalue weighted by Crippen LogP contribution is -2.52. The molecular formula is C48H72BN7O8. The molecule has 0 radical (unpaired) electrons. The van der Waals surface area contributed by atoms with Gasteiger partial charge >= 0.3 is 0 Å². The van der Waals surface area contributed by atoms with Crippen LogP contribution in [-0.4, -0.2) is 110 Å². The van der Waals surface area contributed by atoms with E-state index in [1.807, 2.05) is 42.5 Å². The summed E-state index contributed by atoms with van der Waals surface area (Å²) < 4.78 is 0. The summed E-state index contributed by atoms with van der Waals surface area (Å²) in [4.78, 5) is 80.6. The molecular weight excluding hydrogens is 813 g/mol. The van der Waals surface area contributed by atoms with Gasteiger partial charge in [-0.1, -0.05) is 127 Å². The van der Waals surface area contributed by atoms with Crippen molar-refractivity contribution in [2.45, 2.75) is 140 Å². The van der Waals surface area contributed by atoms with E-state index in [9.17, 15) is 38.9 Å². The van der Waals surface area contributed by atoms with E-state index in [-0.39, 0.29) is 38.5 Å². The van der Waals surface area contributed by atoms with Gasteiger partial charge in [0.05, 0.1) is 32.3 Å². The van der Waals surface area contributed by atoms with Crippen LogP contribution in [0.2, 0.25) is 0 Å². The van der Waals surface area contributed by atoms with Crippen molar-refractivity contribution in [2.75, 3.05) is 39.7 Å². The predicted octanol–water partition coefficient (Wildman–Crippen LogP) is 3.48. The molecule has 8 N–H and O–H groups in total. The third-order valence-electron chi connectivity index (χ3n) is 12.0. The number of benzene rings is 2. The third kappa shape index (κ3) is 17.4. The number of aliphatic hydroxyl groups is 1. The van der Waals surface area contributed by atoms with Crippen LogP contribution in [0, 0.1) is 0 Å². The van der Waals surface area contributed by atoms with E-state index in [0.717, 1.165) is 54.4 Å². The van der Waals surface area contributed by atoms with E-state index >= 15 is 0 Å². The SMILES string of the molecule is C=C(NCC(=O)NCC(=O)N(C)C1C(=O)NCC(=O)NC(C(=O)NCBO)Cc2cccc(c2)-c2cc1ccc2C1CC1)C(CO)NC(=O)CCCCCCCCCCCCCCC. The van der Waals surface area contributed by atoms with Crippen molar-refractivity contribution in [3.63, 3.8) is 0 Å². The number of nitrogens with one attached hydrogen (secondary N) is 6. The van der Waals surface area contributed by atoms with E-state index in [4.69, 9.17) is 0 Å². The average Bonchev–Trinajstić information content (AvgIpc) is 4.14. The molecule has 3 unspecified atom stereocenters. The van der Waals surface area contributed by atoms with Gasteiger partial charge < -0.3 is 46.9 Å². The lowest BCUT2D eigenvalue weighted by Gasteiger charge is -2.29. The number of nitrogens with zero attached hydrogens (tertiary/aromatic N) is 1. The number of rotatable bonds is 27. The molecule has 2 aromatic carbocycles. The highest BCUT2D eigenvalue weighted by Crippen LogP contribution is 2.45. The standard InChI is InChI=1S/C48H72BN7O8/c1-4-5-6-7-8-9-10-11-12-13-14-15-16-20-42(58)55-41(31-57)33(2)50-28-43(59)51-30-45(61)56(3)46-37-23-24-38(35-21-22-35)39(27-37)36-19-17-18-34(25-36)26-40(47(62)53-32-49-64)54-44(60)29-52-48(46)63/h17-19,23-25,27,35,40-41,46,49-50,57,64H,2,4-16,20-22,26,28-32H2,1,3H3,(H,51,59)(H,52,63)(H,53,62)(H,54,60)(H,55,58). The molecule has 3 atom stereocenters. The quantitative estimate of drug-likeness (QED) is 0.0486. The van der Waals surface area contributed by atoms with Gasteiger partial charge in [-0.3, -0.25) is 28.8 Å². The summed E-state index contributed by atoms with van der Waals surface area (Å²) in [5.74, 6) is -2.75. The second-order valence-corrected chi connectivity index (χ2v) is 17.2. The molecule has 15 nitrogen and oxygen atoms in total. The van der Waals surface area contributed by atoms with Crippen molar-refractivity contribution in [2.24, 2.45) is 0 Å². The molecule has 2 aliphatic rings. The van der Waals surface area contributed by atoms with Crippen molar-refractivity contribution in [1.29, 1.82) is 0 Å². The molecule has 1 heterocycles. The number of hydrogen-bond acceptors (Lipinski definition) is 9. The molecule has 0 spiro atoms. The van der Waals surface area contributed by atoms with Crippen LogP contribution in [0.4, 0.5) is 0 Å². The number of hydrogen-bond donors (Lipinski definition) is 8. The van der Waals surface area contributed by atoms with Gasteiger partial charge in [0.15, 0.2) is 0 Å². The van der Waals surface area contributed by atoms with E-state index in [1.165, 1.54) is 76.2 Å². The van der Waals surface area contributed by atoms with Crippen molar-refractivity contribution in [1.82, 2.24) is 36.8 Å². The van der Waals surface area contributed by atoms with Crippen molar-refractivity contribution >= 4 is 42.9 Å². The Morgan fingerprint density at radius 3 is 2.17 bits per heavy atom. The summed E-state index contributed by atoms with van der Waals surface area (Å²) in [6, 6.07) is 10.3. The van der Waals surface area contributed by atoms with Crippen LogP contribution >= 0.6 is 0 Å². The number of fused-ring (bicyclic) bond motifs is 5. The summed E-state index contributed by atoms with van der Waals surface area (Å²) in [6.07, 6.45) is 18.3. The number of carbonyl (C=O) groups excluding carboxylic acids is 6. The minimum Gasteiger partial charge on any atom is -0.452 e. The van der Waals surface area contributed by atoms with E-state index < -0.39 is 67.4 Å². The Morgan fingerprint density at radius 2 is 1.53 bits per heavy atom. The molecule has 4 bridgehead atoms. The van der Waals surface area contributed by atoms with Crippen LogP contribution in [0.5, 0.6) is 0 Å². The first-order valence-electron chi connectivity index (χ1n) is 23.5. The molecule has 1 aliphatic heterocycles. The topological polar surface area (TPSA) is 218 Å². The summed E-state index contributed by atoms with van der Waals surface area (Å²) in [6.45, 7) is 4.50. The summed E-state index contributed by atoms with van der Waals surface area (Å²) >= 11 is 0. The second-order valence-electron chi connectivity index (χ2n) is 17.2. The molecule has 350 valence electrons. The fourth-order valence-electron chi connectivity index (χ4n) is 8.05. The summed E-state index contributed by atoms with van der Waals surface area (Å²) in [5, 5.41) is 35.3. The molecule has 1 aliphatic carbocycles.